The number of hydrogen-bond donors (Lipinski definition) is 0. The van der Waals surface area contributed by atoms with Gasteiger partial charge in [0.05, 0.1) is 13.2 Å². The lowest BCUT2D eigenvalue weighted by molar-refractivity contribution is -0.131. The molecular weight excluding hydrogens is 326 g/mol. The maximum absolute atomic E-state index is 12.3. The zero-order valence-corrected chi connectivity index (χ0v) is 15.7. The minimum absolute atomic E-state index is 0.327. The fourth-order valence-electron chi connectivity index (χ4n) is 4.47. The Morgan fingerprint density at radius 2 is 1.73 bits per heavy atom. The summed E-state index contributed by atoms with van der Waals surface area (Å²) in [7, 11) is 0. The third-order valence-electron chi connectivity index (χ3n) is 6.06. The van der Waals surface area contributed by atoms with E-state index in [4.69, 9.17) is 4.74 Å². The fourth-order valence-corrected chi connectivity index (χ4v) is 4.47. The predicted octanol–water partition coefficient (Wildman–Crippen LogP) is 1.87. The van der Waals surface area contributed by atoms with Crippen molar-refractivity contribution in [1.82, 2.24) is 14.7 Å². The molecule has 0 spiro atoms. The van der Waals surface area contributed by atoms with Crippen molar-refractivity contribution in [3.05, 3.63) is 29.8 Å². The van der Waals surface area contributed by atoms with E-state index < -0.39 is 0 Å². The Labute approximate surface area is 156 Å². The van der Waals surface area contributed by atoms with Crippen molar-refractivity contribution >= 4 is 5.91 Å². The molecular formula is C21H31N3O2. The van der Waals surface area contributed by atoms with Gasteiger partial charge in [0.25, 0.3) is 0 Å². The highest BCUT2D eigenvalue weighted by Crippen LogP contribution is 2.27. The second kappa shape index (κ2) is 8.40. The van der Waals surface area contributed by atoms with Gasteiger partial charge in [0, 0.05) is 45.8 Å². The molecule has 0 aromatic heterocycles. The summed E-state index contributed by atoms with van der Waals surface area (Å²) in [4.78, 5) is 19.3. The van der Waals surface area contributed by atoms with Crippen LogP contribution in [0.3, 0.4) is 0 Å². The van der Waals surface area contributed by atoms with Gasteiger partial charge in [-0.1, -0.05) is 18.2 Å². The molecule has 4 rings (SSSR count). The third-order valence-corrected chi connectivity index (χ3v) is 6.06. The van der Waals surface area contributed by atoms with Crippen LogP contribution in [0.4, 0.5) is 0 Å². The number of hydrogen-bond acceptors (Lipinski definition) is 4. The lowest BCUT2D eigenvalue weighted by Crippen LogP contribution is -2.50. The number of likely N-dealkylation sites (tertiary alicyclic amines) is 1. The van der Waals surface area contributed by atoms with Gasteiger partial charge in [-0.2, -0.15) is 0 Å². The Kier molecular flexibility index (Phi) is 5.75. The van der Waals surface area contributed by atoms with E-state index in [1.807, 2.05) is 4.90 Å². The van der Waals surface area contributed by atoms with Crippen LogP contribution in [-0.2, 0) is 11.2 Å². The number of amides is 1. The molecule has 5 nitrogen and oxygen atoms in total. The Bertz CT molecular complexity index is 607. The molecule has 1 unspecified atom stereocenters. The van der Waals surface area contributed by atoms with E-state index in [1.165, 1.54) is 18.4 Å². The number of rotatable bonds is 4. The molecule has 142 valence electrons. The van der Waals surface area contributed by atoms with Crippen molar-refractivity contribution in [1.29, 1.82) is 0 Å². The van der Waals surface area contributed by atoms with E-state index in [0.717, 1.165) is 71.0 Å². The molecule has 5 heteroatoms. The van der Waals surface area contributed by atoms with Crippen LogP contribution in [0.5, 0.6) is 5.75 Å². The van der Waals surface area contributed by atoms with Crippen molar-refractivity contribution in [2.24, 2.45) is 5.92 Å². The first-order chi connectivity index (χ1) is 12.8. The van der Waals surface area contributed by atoms with Gasteiger partial charge in [-0.25, -0.2) is 0 Å². The normalized spacial score (nSPS) is 24.8. The molecule has 1 atom stereocenters. The van der Waals surface area contributed by atoms with Gasteiger partial charge < -0.3 is 14.5 Å². The van der Waals surface area contributed by atoms with Crippen LogP contribution in [0.2, 0.25) is 0 Å². The van der Waals surface area contributed by atoms with Crippen LogP contribution in [0, 0.1) is 5.92 Å². The Hall–Kier alpha value is -1.59. The minimum atomic E-state index is 0.327. The summed E-state index contributed by atoms with van der Waals surface area (Å²) in [6.07, 6.45) is 4.59. The lowest BCUT2D eigenvalue weighted by Gasteiger charge is -2.36. The highest BCUT2D eigenvalue weighted by Gasteiger charge is 2.25. The average Bonchev–Trinajstić information content (AvgIpc) is 3.12. The average molecular weight is 357 g/mol. The third kappa shape index (κ3) is 4.38. The van der Waals surface area contributed by atoms with Crippen LogP contribution in [0.1, 0.15) is 24.8 Å². The molecule has 26 heavy (non-hydrogen) atoms. The molecule has 2 saturated heterocycles. The summed E-state index contributed by atoms with van der Waals surface area (Å²) in [5.74, 6) is 2.06. The predicted molar refractivity (Wildman–Crippen MR) is 102 cm³/mol. The number of para-hydroxylation sites is 1. The van der Waals surface area contributed by atoms with Gasteiger partial charge >= 0.3 is 0 Å². The smallest absolute Gasteiger partial charge is 0.236 e. The van der Waals surface area contributed by atoms with E-state index in [2.05, 4.69) is 34.1 Å². The van der Waals surface area contributed by atoms with Crippen LogP contribution in [-0.4, -0.2) is 79.6 Å². The molecule has 2 fully saturated rings. The van der Waals surface area contributed by atoms with Crippen molar-refractivity contribution in [2.75, 3.05) is 59.0 Å². The summed E-state index contributed by atoms with van der Waals surface area (Å²) in [6.45, 7) is 8.68. The molecule has 1 amide bonds. The van der Waals surface area contributed by atoms with Crippen molar-refractivity contribution in [3.8, 4) is 5.75 Å². The molecule has 0 saturated carbocycles. The summed E-state index contributed by atoms with van der Waals surface area (Å²) >= 11 is 0. The van der Waals surface area contributed by atoms with Crippen LogP contribution >= 0.6 is 0 Å². The molecule has 3 aliphatic rings. The summed E-state index contributed by atoms with van der Waals surface area (Å²) < 4.78 is 5.91. The number of piperazine rings is 1. The maximum atomic E-state index is 12.3. The van der Waals surface area contributed by atoms with E-state index in [9.17, 15) is 4.79 Å². The number of carbonyl (C=O) groups is 1. The monoisotopic (exact) mass is 357 g/mol. The number of fused-ring (bicyclic) bond motifs is 1. The zero-order chi connectivity index (χ0) is 17.8. The summed E-state index contributed by atoms with van der Waals surface area (Å²) in [5.41, 5.74) is 1.35. The first kappa shape index (κ1) is 17.8. The van der Waals surface area contributed by atoms with E-state index in [0.29, 0.717) is 18.4 Å². The Balaban J connectivity index is 1.23. The molecule has 0 bridgehead atoms. The Morgan fingerprint density at radius 1 is 1.00 bits per heavy atom. The number of nitrogens with zero attached hydrogens (tertiary/aromatic N) is 3. The van der Waals surface area contributed by atoms with Crippen molar-refractivity contribution in [2.45, 2.75) is 25.7 Å². The molecule has 0 radical (unpaired) electrons. The van der Waals surface area contributed by atoms with E-state index in [1.54, 1.807) is 0 Å². The van der Waals surface area contributed by atoms with Crippen molar-refractivity contribution < 1.29 is 9.53 Å². The SMILES string of the molecule is O=C(CN1CCN(CC2CCOc3ccccc3C2)CC1)N1CCCC1. The standard InChI is InChI=1S/C21H31N3O2/c25-21(24-8-3-4-9-24)17-23-12-10-22(11-13-23)16-18-7-14-26-20-6-2-1-5-19(20)15-18/h1-2,5-6,18H,3-4,7-17H2. The number of benzene rings is 1. The van der Waals surface area contributed by atoms with Gasteiger partial charge in [-0.3, -0.25) is 9.69 Å². The molecule has 3 heterocycles. The van der Waals surface area contributed by atoms with Gasteiger partial charge in [0.15, 0.2) is 0 Å². The lowest BCUT2D eigenvalue weighted by atomic mass is 9.96. The first-order valence-electron chi connectivity index (χ1n) is 10.2. The molecule has 1 aromatic carbocycles. The highest BCUT2D eigenvalue weighted by atomic mass is 16.5. The maximum Gasteiger partial charge on any atom is 0.236 e. The first-order valence-corrected chi connectivity index (χ1v) is 10.2. The van der Waals surface area contributed by atoms with Gasteiger partial charge in [-0.15, -0.1) is 0 Å². The van der Waals surface area contributed by atoms with Gasteiger partial charge in [-0.05, 0) is 43.2 Å². The van der Waals surface area contributed by atoms with Crippen LogP contribution < -0.4 is 4.74 Å². The van der Waals surface area contributed by atoms with Gasteiger partial charge in [0.1, 0.15) is 5.75 Å². The van der Waals surface area contributed by atoms with Crippen LogP contribution in [0.25, 0.3) is 0 Å². The zero-order valence-electron chi connectivity index (χ0n) is 15.7. The molecule has 0 N–H and O–H groups in total. The second-order valence-corrected chi connectivity index (χ2v) is 7.98. The molecule has 3 aliphatic heterocycles. The highest BCUT2D eigenvalue weighted by molar-refractivity contribution is 5.78. The van der Waals surface area contributed by atoms with Crippen molar-refractivity contribution in [3.63, 3.8) is 0 Å². The number of ether oxygens (including phenoxy) is 1. The minimum Gasteiger partial charge on any atom is -0.493 e. The fraction of sp³-hybridized carbons (Fsp3) is 0.667. The largest absolute Gasteiger partial charge is 0.493 e. The van der Waals surface area contributed by atoms with Gasteiger partial charge in [0.2, 0.25) is 5.91 Å². The van der Waals surface area contributed by atoms with Crippen LogP contribution in [0.15, 0.2) is 24.3 Å². The topological polar surface area (TPSA) is 36.0 Å². The molecule has 0 aliphatic carbocycles. The number of carbonyl (C=O) groups excluding carboxylic acids is 1. The summed E-state index contributed by atoms with van der Waals surface area (Å²) in [6, 6.07) is 8.46. The summed E-state index contributed by atoms with van der Waals surface area (Å²) in [5, 5.41) is 0. The molecule has 1 aromatic rings. The quantitative estimate of drug-likeness (QED) is 0.824. The second-order valence-electron chi connectivity index (χ2n) is 7.98. The van der Waals surface area contributed by atoms with E-state index in [-0.39, 0.29) is 0 Å². The Morgan fingerprint density at radius 3 is 2.54 bits per heavy atom. The van der Waals surface area contributed by atoms with E-state index >= 15 is 0 Å².